The van der Waals surface area contributed by atoms with E-state index in [1.807, 2.05) is 37.3 Å². The third kappa shape index (κ3) is 4.78. The van der Waals surface area contributed by atoms with Crippen LogP contribution in [0.15, 0.2) is 95.3 Å². The molecule has 36 heavy (non-hydrogen) atoms. The Morgan fingerprint density at radius 2 is 1.81 bits per heavy atom. The Hall–Kier alpha value is -4.24. The predicted octanol–water partition coefficient (Wildman–Crippen LogP) is 5.21. The van der Waals surface area contributed by atoms with Crippen LogP contribution in [0, 0.1) is 0 Å². The second-order valence-electron chi connectivity index (χ2n) is 8.25. The average molecular weight is 500 g/mol. The van der Waals surface area contributed by atoms with E-state index in [2.05, 4.69) is 27.8 Å². The van der Waals surface area contributed by atoms with Crippen molar-refractivity contribution in [3.05, 3.63) is 101 Å². The van der Waals surface area contributed by atoms with Gasteiger partial charge in [0.05, 0.1) is 18.4 Å². The monoisotopic (exact) mass is 499 g/mol. The SMILES string of the molecule is COc1ccccc1NC(=O)C1=C(C)Nc2nc(SCc3ccccc3)nn2[C@@H]1c1ccc(O)cc1. The van der Waals surface area contributed by atoms with Gasteiger partial charge in [-0.3, -0.25) is 4.79 Å². The van der Waals surface area contributed by atoms with Crippen molar-refractivity contribution < 1.29 is 14.6 Å². The lowest BCUT2D eigenvalue weighted by molar-refractivity contribution is -0.113. The summed E-state index contributed by atoms with van der Waals surface area (Å²) in [6, 6.07) is 23.6. The van der Waals surface area contributed by atoms with Crippen molar-refractivity contribution in [1.29, 1.82) is 0 Å². The van der Waals surface area contributed by atoms with Gasteiger partial charge in [0.25, 0.3) is 5.91 Å². The molecular weight excluding hydrogens is 474 g/mol. The molecule has 1 amide bonds. The minimum Gasteiger partial charge on any atom is -0.508 e. The summed E-state index contributed by atoms with van der Waals surface area (Å²) in [7, 11) is 1.56. The van der Waals surface area contributed by atoms with E-state index >= 15 is 0 Å². The van der Waals surface area contributed by atoms with E-state index in [0.717, 1.165) is 11.3 Å². The number of para-hydroxylation sites is 2. The van der Waals surface area contributed by atoms with Gasteiger partial charge in [0.15, 0.2) is 0 Å². The summed E-state index contributed by atoms with van der Waals surface area (Å²) in [5.74, 6) is 1.69. The van der Waals surface area contributed by atoms with Gasteiger partial charge in [0.2, 0.25) is 11.1 Å². The fourth-order valence-corrected chi connectivity index (χ4v) is 4.90. The van der Waals surface area contributed by atoms with Gasteiger partial charge in [-0.25, -0.2) is 4.68 Å². The molecule has 1 aliphatic rings. The van der Waals surface area contributed by atoms with Crippen LogP contribution in [0.2, 0.25) is 0 Å². The molecule has 1 atom stereocenters. The first-order valence-corrected chi connectivity index (χ1v) is 12.4. The van der Waals surface area contributed by atoms with E-state index in [-0.39, 0.29) is 11.7 Å². The number of carbonyl (C=O) groups excluding carboxylic acids is 1. The molecule has 3 N–H and O–H groups in total. The number of anilines is 2. The summed E-state index contributed by atoms with van der Waals surface area (Å²) < 4.78 is 7.13. The largest absolute Gasteiger partial charge is 0.508 e. The number of nitrogens with one attached hydrogen (secondary N) is 2. The maximum atomic E-state index is 13.6. The highest BCUT2D eigenvalue weighted by atomic mass is 32.2. The standard InChI is InChI=1S/C27H25N5O3S/c1-17-23(25(34)29-21-10-6-7-11-22(21)35-2)24(19-12-14-20(33)15-13-19)32-26(28-17)30-27(31-32)36-16-18-8-4-3-5-9-18/h3-15,24,33H,16H2,1-2H3,(H,29,34)(H,28,30,31)/t24-/m1/s1. The number of aromatic nitrogens is 3. The molecule has 5 rings (SSSR count). The number of phenolic OH excluding ortho intramolecular Hbond substituents is 1. The number of rotatable bonds is 7. The first kappa shape index (κ1) is 23.5. The van der Waals surface area contributed by atoms with Crippen molar-refractivity contribution in [3.8, 4) is 11.5 Å². The highest BCUT2D eigenvalue weighted by Crippen LogP contribution is 2.38. The van der Waals surface area contributed by atoms with Gasteiger partial charge in [-0.05, 0) is 42.3 Å². The average Bonchev–Trinajstić information content (AvgIpc) is 3.30. The van der Waals surface area contributed by atoms with Crippen LogP contribution < -0.4 is 15.4 Å². The van der Waals surface area contributed by atoms with E-state index in [1.165, 1.54) is 17.3 Å². The Morgan fingerprint density at radius 3 is 2.56 bits per heavy atom. The minimum absolute atomic E-state index is 0.145. The van der Waals surface area contributed by atoms with Crippen molar-refractivity contribution in [2.75, 3.05) is 17.7 Å². The molecule has 182 valence electrons. The van der Waals surface area contributed by atoms with Gasteiger partial charge >= 0.3 is 0 Å². The highest BCUT2D eigenvalue weighted by molar-refractivity contribution is 7.98. The molecule has 4 aromatic rings. The van der Waals surface area contributed by atoms with Gasteiger partial charge in [0, 0.05) is 11.4 Å². The molecule has 8 nitrogen and oxygen atoms in total. The number of carbonyl (C=O) groups is 1. The molecule has 9 heteroatoms. The minimum atomic E-state index is -0.546. The number of amides is 1. The number of nitrogens with zero attached hydrogens (tertiary/aromatic N) is 3. The Morgan fingerprint density at radius 1 is 1.08 bits per heavy atom. The number of hydrogen-bond donors (Lipinski definition) is 3. The maximum absolute atomic E-state index is 13.6. The van der Waals surface area contributed by atoms with Gasteiger partial charge in [-0.2, -0.15) is 4.98 Å². The van der Waals surface area contributed by atoms with E-state index < -0.39 is 6.04 Å². The van der Waals surface area contributed by atoms with Crippen molar-refractivity contribution in [1.82, 2.24) is 14.8 Å². The summed E-state index contributed by atoms with van der Waals surface area (Å²) in [5, 5.41) is 21.4. The molecule has 3 aromatic carbocycles. The number of ether oxygens (including phenoxy) is 1. The Labute approximate surface area is 213 Å². The Balaban J connectivity index is 1.50. The van der Waals surface area contributed by atoms with Crippen LogP contribution in [-0.4, -0.2) is 32.9 Å². The van der Waals surface area contributed by atoms with Crippen LogP contribution in [0.5, 0.6) is 11.5 Å². The zero-order valence-electron chi connectivity index (χ0n) is 19.8. The van der Waals surface area contributed by atoms with Crippen molar-refractivity contribution in [3.63, 3.8) is 0 Å². The lowest BCUT2D eigenvalue weighted by atomic mass is 9.95. The van der Waals surface area contributed by atoms with E-state index in [9.17, 15) is 9.90 Å². The molecule has 1 aromatic heterocycles. The smallest absolute Gasteiger partial charge is 0.255 e. The van der Waals surface area contributed by atoms with E-state index in [4.69, 9.17) is 9.84 Å². The van der Waals surface area contributed by atoms with E-state index in [1.54, 1.807) is 48.2 Å². The van der Waals surface area contributed by atoms with Crippen LogP contribution in [0.4, 0.5) is 11.6 Å². The topological polar surface area (TPSA) is 101 Å². The number of thioether (sulfide) groups is 1. The zero-order chi connectivity index (χ0) is 25.1. The zero-order valence-corrected chi connectivity index (χ0v) is 20.6. The van der Waals surface area contributed by atoms with Crippen LogP contribution in [0.3, 0.4) is 0 Å². The summed E-state index contributed by atoms with van der Waals surface area (Å²) in [6.07, 6.45) is 0. The molecule has 0 unspecified atom stereocenters. The molecule has 0 aliphatic carbocycles. The quantitative estimate of drug-likeness (QED) is 0.300. The Kier molecular flexibility index (Phi) is 6.64. The summed E-state index contributed by atoms with van der Waals surface area (Å²) in [5.41, 5.74) is 3.69. The molecule has 0 radical (unpaired) electrons. The van der Waals surface area contributed by atoms with Gasteiger partial charge in [-0.15, -0.1) is 5.10 Å². The third-order valence-electron chi connectivity index (χ3n) is 5.85. The van der Waals surface area contributed by atoms with Crippen molar-refractivity contribution >= 4 is 29.3 Å². The fourth-order valence-electron chi connectivity index (χ4n) is 4.11. The van der Waals surface area contributed by atoms with Crippen LogP contribution in [0.1, 0.15) is 24.1 Å². The molecule has 2 heterocycles. The lowest BCUT2D eigenvalue weighted by Crippen LogP contribution is -2.31. The number of methoxy groups -OCH3 is 1. The van der Waals surface area contributed by atoms with Crippen molar-refractivity contribution in [2.45, 2.75) is 23.9 Å². The second-order valence-corrected chi connectivity index (χ2v) is 9.19. The summed E-state index contributed by atoms with van der Waals surface area (Å²) >= 11 is 1.53. The first-order chi connectivity index (χ1) is 17.5. The maximum Gasteiger partial charge on any atom is 0.255 e. The lowest BCUT2D eigenvalue weighted by Gasteiger charge is -2.28. The molecule has 0 spiro atoms. The van der Waals surface area contributed by atoms with Gasteiger partial charge in [-0.1, -0.05) is 66.4 Å². The number of benzene rings is 3. The van der Waals surface area contributed by atoms with Crippen LogP contribution in [0.25, 0.3) is 0 Å². The molecular formula is C27H25N5O3S. The van der Waals surface area contributed by atoms with Crippen LogP contribution in [-0.2, 0) is 10.5 Å². The molecule has 0 saturated carbocycles. The highest BCUT2D eigenvalue weighted by Gasteiger charge is 2.34. The number of fused-ring (bicyclic) bond motifs is 1. The van der Waals surface area contributed by atoms with Crippen molar-refractivity contribution in [2.24, 2.45) is 0 Å². The van der Waals surface area contributed by atoms with Gasteiger partial charge < -0.3 is 20.5 Å². The molecule has 0 bridgehead atoms. The van der Waals surface area contributed by atoms with Crippen LogP contribution >= 0.6 is 11.8 Å². The summed E-state index contributed by atoms with van der Waals surface area (Å²) in [4.78, 5) is 18.3. The fraction of sp³-hybridized carbons (Fsp3) is 0.148. The molecule has 1 aliphatic heterocycles. The second kappa shape index (κ2) is 10.2. The molecule has 0 saturated heterocycles. The number of phenols is 1. The number of aromatic hydroxyl groups is 1. The number of allylic oxidation sites excluding steroid dienone is 1. The molecule has 0 fully saturated rings. The number of hydrogen-bond acceptors (Lipinski definition) is 7. The predicted molar refractivity (Wildman–Crippen MR) is 140 cm³/mol. The normalized spacial score (nSPS) is 14.7. The Bertz CT molecular complexity index is 1420. The van der Waals surface area contributed by atoms with Gasteiger partial charge in [0.1, 0.15) is 17.5 Å². The third-order valence-corrected chi connectivity index (χ3v) is 6.76. The van der Waals surface area contributed by atoms with E-state index in [0.29, 0.717) is 33.8 Å². The summed E-state index contributed by atoms with van der Waals surface area (Å²) in [6.45, 7) is 1.85. The first-order valence-electron chi connectivity index (χ1n) is 11.4.